The standard InChI is InChI=1S/C13H13FN2O2/c1-2-11(17)8-13-15-12(16-18-13)7-9-4-3-5-10(14)6-9/h3-6H,2,7-8H2,1H3. The van der Waals surface area contributed by atoms with Crippen LogP contribution in [0.1, 0.15) is 30.6 Å². The Labute approximate surface area is 104 Å². The van der Waals surface area contributed by atoms with Crippen molar-refractivity contribution in [2.45, 2.75) is 26.2 Å². The number of ketones is 1. The third-order valence-corrected chi connectivity index (χ3v) is 2.50. The third-order valence-electron chi connectivity index (χ3n) is 2.50. The first-order valence-corrected chi connectivity index (χ1v) is 5.75. The van der Waals surface area contributed by atoms with E-state index in [1.807, 2.05) is 0 Å². The summed E-state index contributed by atoms with van der Waals surface area (Å²) in [5, 5.41) is 3.77. The normalized spacial score (nSPS) is 10.6. The number of halogens is 1. The van der Waals surface area contributed by atoms with Gasteiger partial charge in [0.15, 0.2) is 5.82 Å². The van der Waals surface area contributed by atoms with Crippen molar-refractivity contribution >= 4 is 5.78 Å². The molecule has 1 aromatic heterocycles. The Morgan fingerprint density at radius 1 is 1.44 bits per heavy atom. The maximum atomic E-state index is 13.0. The predicted molar refractivity (Wildman–Crippen MR) is 62.5 cm³/mol. The predicted octanol–water partition coefficient (Wildman–Crippen LogP) is 2.32. The van der Waals surface area contributed by atoms with Crippen molar-refractivity contribution in [3.8, 4) is 0 Å². The van der Waals surface area contributed by atoms with Crippen molar-refractivity contribution in [1.29, 1.82) is 0 Å². The van der Waals surface area contributed by atoms with Crippen molar-refractivity contribution < 1.29 is 13.7 Å². The van der Waals surface area contributed by atoms with Gasteiger partial charge in [-0.05, 0) is 17.7 Å². The summed E-state index contributed by atoms with van der Waals surface area (Å²) >= 11 is 0. The van der Waals surface area contributed by atoms with Crippen molar-refractivity contribution in [3.05, 3.63) is 47.4 Å². The Morgan fingerprint density at radius 2 is 2.28 bits per heavy atom. The molecule has 0 spiro atoms. The van der Waals surface area contributed by atoms with Gasteiger partial charge in [-0.1, -0.05) is 24.2 Å². The fourth-order valence-electron chi connectivity index (χ4n) is 1.56. The zero-order chi connectivity index (χ0) is 13.0. The van der Waals surface area contributed by atoms with Crippen LogP contribution in [0.25, 0.3) is 0 Å². The van der Waals surface area contributed by atoms with Gasteiger partial charge in [-0.15, -0.1) is 0 Å². The van der Waals surface area contributed by atoms with E-state index in [1.54, 1.807) is 19.1 Å². The minimum absolute atomic E-state index is 0.0518. The topological polar surface area (TPSA) is 56.0 Å². The van der Waals surface area contributed by atoms with E-state index >= 15 is 0 Å². The van der Waals surface area contributed by atoms with Crippen LogP contribution in [0, 0.1) is 5.82 Å². The molecule has 94 valence electrons. The summed E-state index contributed by atoms with van der Waals surface area (Å²) < 4.78 is 17.9. The van der Waals surface area contributed by atoms with Crippen LogP contribution in [-0.4, -0.2) is 15.9 Å². The van der Waals surface area contributed by atoms with Crippen LogP contribution in [0.15, 0.2) is 28.8 Å². The van der Waals surface area contributed by atoms with Gasteiger partial charge in [-0.3, -0.25) is 4.79 Å². The summed E-state index contributed by atoms with van der Waals surface area (Å²) in [5.41, 5.74) is 0.768. The molecule has 0 saturated heterocycles. The van der Waals surface area contributed by atoms with E-state index < -0.39 is 0 Å². The van der Waals surface area contributed by atoms with Crippen LogP contribution in [-0.2, 0) is 17.6 Å². The zero-order valence-corrected chi connectivity index (χ0v) is 10.0. The maximum absolute atomic E-state index is 13.0. The van der Waals surface area contributed by atoms with Crippen LogP contribution in [0.3, 0.4) is 0 Å². The average molecular weight is 248 g/mol. The average Bonchev–Trinajstić information content (AvgIpc) is 2.76. The number of nitrogens with zero attached hydrogens (tertiary/aromatic N) is 2. The molecule has 0 unspecified atom stereocenters. The lowest BCUT2D eigenvalue weighted by molar-refractivity contribution is -0.118. The van der Waals surface area contributed by atoms with E-state index in [0.717, 1.165) is 5.56 Å². The van der Waals surface area contributed by atoms with Gasteiger partial charge in [-0.25, -0.2) is 4.39 Å². The molecule has 0 aliphatic carbocycles. The second-order valence-corrected chi connectivity index (χ2v) is 3.98. The van der Waals surface area contributed by atoms with Gasteiger partial charge in [0, 0.05) is 12.8 Å². The third kappa shape index (κ3) is 3.23. The van der Waals surface area contributed by atoms with Gasteiger partial charge < -0.3 is 4.52 Å². The van der Waals surface area contributed by atoms with Gasteiger partial charge in [0.05, 0.1) is 6.42 Å². The molecule has 18 heavy (non-hydrogen) atoms. The molecule has 0 fully saturated rings. The molecule has 0 aliphatic heterocycles. The number of hydrogen-bond acceptors (Lipinski definition) is 4. The van der Waals surface area contributed by atoms with E-state index in [0.29, 0.717) is 24.6 Å². The zero-order valence-electron chi connectivity index (χ0n) is 10.0. The minimum atomic E-state index is -0.294. The van der Waals surface area contributed by atoms with Crippen molar-refractivity contribution in [2.24, 2.45) is 0 Å². The van der Waals surface area contributed by atoms with E-state index in [9.17, 15) is 9.18 Å². The molecule has 0 radical (unpaired) electrons. The molecule has 0 aliphatic rings. The van der Waals surface area contributed by atoms with Crippen LogP contribution >= 0.6 is 0 Å². The molecule has 0 N–H and O–H groups in total. The van der Waals surface area contributed by atoms with Gasteiger partial charge in [-0.2, -0.15) is 4.98 Å². The number of carbonyl (C=O) groups excluding carboxylic acids is 1. The second-order valence-electron chi connectivity index (χ2n) is 3.98. The highest BCUT2D eigenvalue weighted by molar-refractivity contribution is 5.79. The van der Waals surface area contributed by atoms with E-state index in [2.05, 4.69) is 10.1 Å². The molecular weight excluding hydrogens is 235 g/mol. The van der Waals surface area contributed by atoms with E-state index in [1.165, 1.54) is 12.1 Å². The van der Waals surface area contributed by atoms with E-state index in [-0.39, 0.29) is 18.0 Å². The smallest absolute Gasteiger partial charge is 0.234 e. The molecule has 2 aromatic rings. The highest BCUT2D eigenvalue weighted by Crippen LogP contribution is 2.09. The Bertz CT molecular complexity index is 551. The lowest BCUT2D eigenvalue weighted by Gasteiger charge is -1.95. The summed E-state index contributed by atoms with van der Waals surface area (Å²) in [6.07, 6.45) is 0.996. The van der Waals surface area contributed by atoms with Gasteiger partial charge in [0.2, 0.25) is 5.89 Å². The highest BCUT2D eigenvalue weighted by atomic mass is 19.1. The summed E-state index contributed by atoms with van der Waals surface area (Å²) in [4.78, 5) is 15.3. The molecular formula is C13H13FN2O2. The monoisotopic (exact) mass is 248 g/mol. The fourth-order valence-corrected chi connectivity index (χ4v) is 1.56. The van der Waals surface area contributed by atoms with Crippen molar-refractivity contribution in [1.82, 2.24) is 10.1 Å². The first-order chi connectivity index (χ1) is 8.67. The van der Waals surface area contributed by atoms with Crippen molar-refractivity contribution in [2.75, 3.05) is 0 Å². The number of carbonyl (C=O) groups is 1. The molecule has 0 atom stereocenters. The summed E-state index contributed by atoms with van der Waals surface area (Å²) in [6, 6.07) is 6.22. The van der Waals surface area contributed by atoms with Crippen LogP contribution in [0.4, 0.5) is 4.39 Å². The number of benzene rings is 1. The molecule has 5 heteroatoms. The van der Waals surface area contributed by atoms with Gasteiger partial charge in [0.25, 0.3) is 0 Å². The summed E-state index contributed by atoms with van der Waals surface area (Å²) in [5.74, 6) is 0.529. The molecule has 2 rings (SSSR count). The first kappa shape index (κ1) is 12.4. The number of hydrogen-bond donors (Lipinski definition) is 0. The number of aromatic nitrogens is 2. The van der Waals surface area contributed by atoms with Crippen LogP contribution in [0.5, 0.6) is 0 Å². The number of rotatable bonds is 5. The molecule has 0 bridgehead atoms. The fraction of sp³-hybridized carbons (Fsp3) is 0.308. The lowest BCUT2D eigenvalue weighted by Crippen LogP contribution is -2.00. The lowest BCUT2D eigenvalue weighted by atomic mass is 10.1. The first-order valence-electron chi connectivity index (χ1n) is 5.75. The minimum Gasteiger partial charge on any atom is -0.339 e. The Kier molecular flexibility index (Phi) is 3.82. The molecule has 0 amide bonds. The molecule has 1 heterocycles. The maximum Gasteiger partial charge on any atom is 0.234 e. The second kappa shape index (κ2) is 5.53. The largest absolute Gasteiger partial charge is 0.339 e. The van der Waals surface area contributed by atoms with Gasteiger partial charge >= 0.3 is 0 Å². The Morgan fingerprint density at radius 3 is 3.00 bits per heavy atom. The summed E-state index contributed by atoms with van der Waals surface area (Å²) in [7, 11) is 0. The molecule has 1 aromatic carbocycles. The molecule has 0 saturated carbocycles. The Hall–Kier alpha value is -2.04. The van der Waals surface area contributed by atoms with Crippen molar-refractivity contribution in [3.63, 3.8) is 0 Å². The van der Waals surface area contributed by atoms with Crippen LogP contribution < -0.4 is 0 Å². The SMILES string of the molecule is CCC(=O)Cc1nc(Cc2cccc(F)c2)no1. The van der Waals surface area contributed by atoms with E-state index in [4.69, 9.17) is 4.52 Å². The van der Waals surface area contributed by atoms with Gasteiger partial charge in [0.1, 0.15) is 11.6 Å². The molecule has 4 nitrogen and oxygen atoms in total. The van der Waals surface area contributed by atoms with Crippen LogP contribution in [0.2, 0.25) is 0 Å². The Balaban J connectivity index is 2.04. The highest BCUT2D eigenvalue weighted by Gasteiger charge is 2.10. The number of Topliss-reactive ketones (excluding diaryl/α,β-unsaturated/α-hetero) is 1. The quantitative estimate of drug-likeness (QED) is 0.814. The summed E-state index contributed by atoms with van der Waals surface area (Å²) in [6.45, 7) is 1.78.